The Morgan fingerprint density at radius 1 is 0.344 bits per heavy atom. The lowest BCUT2D eigenvalue weighted by Gasteiger charge is -2.31. The molecule has 2 heteroatoms. The van der Waals surface area contributed by atoms with Gasteiger partial charge in [0.05, 0.1) is 11.4 Å². The number of anilines is 6. The molecule has 0 aliphatic heterocycles. The Bertz CT molecular complexity index is 2730. The molecule has 0 atom stereocenters. The summed E-state index contributed by atoms with van der Waals surface area (Å²) < 4.78 is 0. The van der Waals surface area contributed by atoms with Crippen molar-refractivity contribution in [3.63, 3.8) is 0 Å². The highest BCUT2D eigenvalue weighted by atomic mass is 15.2. The molecule has 0 fully saturated rings. The molecule has 0 spiro atoms. The molecule has 318 valence electrons. The van der Waals surface area contributed by atoms with Crippen LogP contribution < -0.4 is 9.80 Å². The van der Waals surface area contributed by atoms with Gasteiger partial charge in [-0.05, 0) is 170 Å². The lowest BCUT2D eigenvalue weighted by atomic mass is 9.96. The van der Waals surface area contributed by atoms with E-state index in [1.54, 1.807) is 0 Å². The number of hydrogen-bond acceptors (Lipinski definition) is 2. The van der Waals surface area contributed by atoms with Gasteiger partial charge in [-0.2, -0.15) is 0 Å². The van der Waals surface area contributed by atoms with Gasteiger partial charge in [0.1, 0.15) is 0 Å². The van der Waals surface area contributed by atoms with Crippen LogP contribution in [0, 0.1) is 41.5 Å². The lowest BCUT2D eigenvalue weighted by molar-refractivity contribution is 1.10. The summed E-state index contributed by atoms with van der Waals surface area (Å²) in [4.78, 5) is 4.92. The second-order valence-corrected chi connectivity index (χ2v) is 17.2. The van der Waals surface area contributed by atoms with Crippen molar-refractivity contribution in [1.29, 1.82) is 0 Å². The maximum Gasteiger partial charge on any atom is 0.0522 e. The third-order valence-corrected chi connectivity index (χ3v) is 12.5. The van der Waals surface area contributed by atoms with Crippen molar-refractivity contribution in [2.24, 2.45) is 0 Å². The van der Waals surface area contributed by atoms with Gasteiger partial charge in [0.15, 0.2) is 0 Å². The third kappa shape index (κ3) is 9.58. The van der Waals surface area contributed by atoms with E-state index >= 15 is 0 Å². The van der Waals surface area contributed by atoms with Crippen molar-refractivity contribution in [2.75, 3.05) is 9.80 Å². The fraction of sp³-hybridized carbons (Fsp3) is 0.161. The first-order chi connectivity index (χ1) is 31.1. The summed E-state index contributed by atoms with van der Waals surface area (Å²) in [5.74, 6) is 0. The molecule has 0 aromatic heterocycles. The van der Waals surface area contributed by atoms with Crippen LogP contribution in [0.15, 0.2) is 170 Å². The van der Waals surface area contributed by atoms with E-state index in [4.69, 9.17) is 0 Å². The molecule has 0 unspecified atom stereocenters. The Kier molecular flexibility index (Phi) is 13.2. The van der Waals surface area contributed by atoms with Gasteiger partial charge >= 0.3 is 0 Å². The second kappa shape index (κ2) is 19.5. The van der Waals surface area contributed by atoms with Crippen LogP contribution in [0.1, 0.15) is 80.6 Å². The smallest absolute Gasteiger partial charge is 0.0522 e. The summed E-state index contributed by atoms with van der Waals surface area (Å²) in [6, 6.07) is 62.6. The van der Waals surface area contributed by atoms with Crippen LogP contribution in [0.3, 0.4) is 0 Å². The first-order valence-corrected chi connectivity index (χ1v) is 22.8. The van der Waals surface area contributed by atoms with Crippen molar-refractivity contribution in [3.05, 3.63) is 237 Å². The highest BCUT2D eigenvalue weighted by Crippen LogP contribution is 2.44. The zero-order valence-electron chi connectivity index (χ0n) is 38.8. The van der Waals surface area contributed by atoms with Crippen LogP contribution in [0.2, 0.25) is 0 Å². The monoisotopic (exact) mass is 832 g/mol. The quantitative estimate of drug-likeness (QED) is 0.107. The topological polar surface area (TPSA) is 6.48 Å². The molecule has 0 N–H and O–H groups in total. The Labute approximate surface area is 382 Å². The van der Waals surface area contributed by atoms with Crippen LogP contribution in [0.25, 0.3) is 35.4 Å². The average molecular weight is 833 g/mol. The van der Waals surface area contributed by atoms with E-state index in [0.29, 0.717) is 0 Å². The van der Waals surface area contributed by atoms with E-state index in [1.807, 2.05) is 0 Å². The zero-order valence-corrected chi connectivity index (χ0v) is 38.8. The van der Waals surface area contributed by atoms with E-state index in [0.717, 1.165) is 24.2 Å². The third-order valence-electron chi connectivity index (χ3n) is 12.5. The van der Waals surface area contributed by atoms with E-state index < -0.39 is 0 Å². The van der Waals surface area contributed by atoms with E-state index in [2.05, 4.69) is 259 Å². The van der Waals surface area contributed by atoms with Gasteiger partial charge in [-0.25, -0.2) is 0 Å². The van der Waals surface area contributed by atoms with Gasteiger partial charge in [-0.1, -0.05) is 171 Å². The van der Waals surface area contributed by atoms with E-state index in [1.165, 1.54) is 101 Å². The van der Waals surface area contributed by atoms with Crippen molar-refractivity contribution in [1.82, 2.24) is 0 Å². The maximum absolute atomic E-state index is 2.46. The molecule has 8 aromatic carbocycles. The molecule has 0 aliphatic rings. The van der Waals surface area contributed by atoms with Gasteiger partial charge in [0.2, 0.25) is 0 Å². The summed E-state index contributed by atoms with van der Waals surface area (Å²) >= 11 is 0. The Morgan fingerprint density at radius 2 is 0.672 bits per heavy atom. The molecule has 8 rings (SSSR count). The van der Waals surface area contributed by atoms with Gasteiger partial charge in [0.25, 0.3) is 0 Å². The largest absolute Gasteiger partial charge is 0.310 e. The van der Waals surface area contributed by atoms with Crippen molar-refractivity contribution < 1.29 is 0 Å². The van der Waals surface area contributed by atoms with E-state index in [9.17, 15) is 0 Å². The van der Waals surface area contributed by atoms with Crippen LogP contribution in [-0.4, -0.2) is 0 Å². The molecule has 0 saturated heterocycles. The van der Waals surface area contributed by atoms with E-state index in [-0.39, 0.29) is 0 Å². The van der Waals surface area contributed by atoms with Crippen LogP contribution >= 0.6 is 0 Å². The average Bonchev–Trinajstić information content (AvgIpc) is 3.31. The standard InChI is InChI=1S/C62H60N2/c1-9-53-15-11-13-45(5)61(53)63(57-35-29-51(30-36-57)27-25-49-21-17-43(3)18-22-49)59-39-33-55(41-47(59)7)56-34-40-60(48(8)42-56)64(62-46(6)14-12-16-54(62)10-2)58-37-31-52(32-38-58)28-26-50-23-19-44(4)20-24-50/h11-42H,9-10H2,1-8H3. The number of nitrogens with zero attached hydrogens (tertiary/aromatic N) is 2. The lowest BCUT2D eigenvalue weighted by Crippen LogP contribution is -2.15. The number of rotatable bonds is 13. The number of para-hydroxylation sites is 2. The van der Waals surface area contributed by atoms with Crippen LogP contribution in [0.4, 0.5) is 34.1 Å². The minimum Gasteiger partial charge on any atom is -0.310 e. The molecular weight excluding hydrogens is 773 g/mol. The Morgan fingerprint density at radius 3 is 0.984 bits per heavy atom. The normalized spacial score (nSPS) is 11.4. The Hall–Kier alpha value is -7.16. The molecule has 0 saturated carbocycles. The van der Waals surface area contributed by atoms with Gasteiger partial charge in [-0.3, -0.25) is 0 Å². The summed E-state index contributed by atoms with van der Waals surface area (Å²) in [6.07, 6.45) is 10.7. The van der Waals surface area contributed by atoms with Gasteiger partial charge in [-0.15, -0.1) is 0 Å². The summed E-state index contributed by atoms with van der Waals surface area (Å²) in [5, 5.41) is 0. The van der Waals surface area contributed by atoms with Gasteiger partial charge in [0, 0.05) is 22.7 Å². The minimum atomic E-state index is 0.947. The first-order valence-electron chi connectivity index (χ1n) is 22.8. The summed E-state index contributed by atoms with van der Waals surface area (Å²) in [5.41, 5.74) is 24.5. The minimum absolute atomic E-state index is 0.947. The summed E-state index contributed by atoms with van der Waals surface area (Å²) in [6.45, 7) is 17.7. The van der Waals surface area contributed by atoms with Crippen LogP contribution in [-0.2, 0) is 12.8 Å². The summed E-state index contributed by atoms with van der Waals surface area (Å²) in [7, 11) is 0. The molecule has 64 heavy (non-hydrogen) atoms. The maximum atomic E-state index is 2.46. The molecule has 0 bridgehead atoms. The van der Waals surface area contributed by atoms with Crippen molar-refractivity contribution >= 4 is 58.4 Å². The molecule has 0 heterocycles. The highest BCUT2D eigenvalue weighted by Gasteiger charge is 2.22. The highest BCUT2D eigenvalue weighted by molar-refractivity contribution is 5.87. The van der Waals surface area contributed by atoms with Gasteiger partial charge < -0.3 is 9.80 Å². The van der Waals surface area contributed by atoms with Crippen molar-refractivity contribution in [2.45, 2.75) is 68.2 Å². The first kappa shape index (κ1) is 43.5. The molecular formula is C62H60N2. The predicted octanol–water partition coefficient (Wildman–Crippen LogP) is 17.6. The fourth-order valence-electron chi connectivity index (χ4n) is 8.81. The number of benzene rings is 8. The molecule has 0 radical (unpaired) electrons. The molecule has 8 aromatic rings. The van der Waals surface area contributed by atoms with Crippen molar-refractivity contribution in [3.8, 4) is 11.1 Å². The number of hydrogen-bond donors (Lipinski definition) is 0. The van der Waals surface area contributed by atoms with Crippen LogP contribution in [0.5, 0.6) is 0 Å². The molecule has 2 nitrogen and oxygen atoms in total. The molecule has 0 aliphatic carbocycles. The predicted molar refractivity (Wildman–Crippen MR) is 279 cm³/mol. The SMILES string of the molecule is CCc1cccc(C)c1N(c1ccc(C=Cc2ccc(C)cc2)cc1)c1ccc(-c2ccc(N(c3ccc(C=Cc4ccc(C)cc4)cc3)c3c(C)cccc3CC)c(C)c2)cc1C. The number of aryl methyl sites for hydroxylation is 8. The zero-order chi connectivity index (χ0) is 44.7. The Balaban J connectivity index is 1.13. The fourth-order valence-corrected chi connectivity index (χ4v) is 8.81. The second-order valence-electron chi connectivity index (χ2n) is 17.2. The molecule has 0 amide bonds.